The van der Waals surface area contributed by atoms with Crippen LogP contribution in [0.1, 0.15) is 38.3 Å². The molecule has 1 aliphatic heterocycles. The molecule has 0 spiro atoms. The fourth-order valence-electron chi connectivity index (χ4n) is 3.45. The van der Waals surface area contributed by atoms with Gasteiger partial charge in [0.05, 0.1) is 13.2 Å². The van der Waals surface area contributed by atoms with Crippen molar-refractivity contribution in [1.82, 2.24) is 5.32 Å². The Labute approximate surface area is 115 Å². The monoisotopic (exact) mass is 261 g/mol. The van der Waals surface area contributed by atoms with Gasteiger partial charge in [0.25, 0.3) is 0 Å². The van der Waals surface area contributed by atoms with Gasteiger partial charge in [-0.1, -0.05) is 32.0 Å². The standard InChI is InChI=1S/C16H23NO2/c1-16(2)7-12(8-16)17-15-11(9-18)10-19-14-6-4-3-5-13(14)15/h3-6,11-12,15,17-18H,7-10H2,1-2H3/t11-,15-/m1/s1. The maximum atomic E-state index is 9.57. The highest BCUT2D eigenvalue weighted by atomic mass is 16.5. The summed E-state index contributed by atoms with van der Waals surface area (Å²) in [5, 5.41) is 13.3. The highest BCUT2D eigenvalue weighted by molar-refractivity contribution is 5.38. The van der Waals surface area contributed by atoms with Gasteiger partial charge in [-0.15, -0.1) is 0 Å². The molecule has 1 aromatic carbocycles. The lowest BCUT2D eigenvalue weighted by Crippen LogP contribution is -2.50. The number of para-hydroxylation sites is 1. The first-order valence-corrected chi connectivity index (χ1v) is 7.18. The Morgan fingerprint density at radius 2 is 2.05 bits per heavy atom. The molecular weight excluding hydrogens is 238 g/mol. The van der Waals surface area contributed by atoms with E-state index in [1.54, 1.807) is 0 Å². The zero-order valence-corrected chi connectivity index (χ0v) is 11.7. The summed E-state index contributed by atoms with van der Waals surface area (Å²) in [5.41, 5.74) is 1.66. The van der Waals surface area contributed by atoms with Crippen LogP contribution in [0.25, 0.3) is 0 Å². The number of aliphatic hydroxyl groups is 1. The fourth-order valence-corrected chi connectivity index (χ4v) is 3.45. The summed E-state index contributed by atoms with van der Waals surface area (Å²) in [7, 11) is 0. The first kappa shape index (κ1) is 12.9. The van der Waals surface area contributed by atoms with E-state index in [1.807, 2.05) is 18.2 Å². The minimum Gasteiger partial charge on any atom is -0.493 e. The highest BCUT2D eigenvalue weighted by Gasteiger charge is 2.39. The van der Waals surface area contributed by atoms with E-state index in [0.29, 0.717) is 18.1 Å². The molecule has 104 valence electrons. The lowest BCUT2D eigenvalue weighted by molar-refractivity contribution is 0.0679. The van der Waals surface area contributed by atoms with Crippen molar-refractivity contribution in [1.29, 1.82) is 0 Å². The number of ether oxygens (including phenoxy) is 1. The molecule has 0 saturated heterocycles. The molecule has 2 atom stereocenters. The second kappa shape index (κ2) is 4.80. The lowest BCUT2D eigenvalue weighted by atomic mass is 9.68. The topological polar surface area (TPSA) is 41.5 Å². The van der Waals surface area contributed by atoms with Gasteiger partial charge >= 0.3 is 0 Å². The quantitative estimate of drug-likeness (QED) is 0.878. The van der Waals surface area contributed by atoms with Crippen LogP contribution in [0.4, 0.5) is 0 Å². The molecule has 1 saturated carbocycles. The molecule has 0 unspecified atom stereocenters. The summed E-state index contributed by atoms with van der Waals surface area (Å²) >= 11 is 0. The molecule has 1 fully saturated rings. The second-order valence-electron chi connectivity index (χ2n) is 6.71. The number of benzene rings is 1. The van der Waals surface area contributed by atoms with Crippen molar-refractivity contribution in [2.24, 2.45) is 11.3 Å². The minimum absolute atomic E-state index is 0.151. The molecule has 2 aliphatic rings. The van der Waals surface area contributed by atoms with Crippen LogP contribution in [0.5, 0.6) is 5.75 Å². The van der Waals surface area contributed by atoms with Crippen molar-refractivity contribution >= 4 is 0 Å². The molecule has 3 rings (SSSR count). The normalized spacial score (nSPS) is 29.2. The van der Waals surface area contributed by atoms with Gasteiger partial charge in [-0.3, -0.25) is 0 Å². The number of aliphatic hydroxyl groups excluding tert-OH is 1. The van der Waals surface area contributed by atoms with Crippen molar-refractivity contribution in [3.8, 4) is 5.75 Å². The van der Waals surface area contributed by atoms with Gasteiger partial charge in [-0.25, -0.2) is 0 Å². The van der Waals surface area contributed by atoms with Gasteiger partial charge in [0.2, 0.25) is 0 Å². The highest BCUT2D eigenvalue weighted by Crippen LogP contribution is 2.43. The van der Waals surface area contributed by atoms with Crippen LogP contribution < -0.4 is 10.1 Å². The molecule has 0 radical (unpaired) electrons. The van der Waals surface area contributed by atoms with Crippen LogP contribution in [-0.4, -0.2) is 24.4 Å². The maximum Gasteiger partial charge on any atom is 0.124 e. The van der Waals surface area contributed by atoms with Crippen molar-refractivity contribution in [2.75, 3.05) is 13.2 Å². The van der Waals surface area contributed by atoms with Crippen molar-refractivity contribution in [3.05, 3.63) is 29.8 Å². The molecule has 19 heavy (non-hydrogen) atoms. The van der Waals surface area contributed by atoms with E-state index in [-0.39, 0.29) is 18.6 Å². The van der Waals surface area contributed by atoms with Crippen LogP contribution in [-0.2, 0) is 0 Å². The van der Waals surface area contributed by atoms with Gasteiger partial charge < -0.3 is 15.2 Å². The third kappa shape index (κ3) is 2.49. The zero-order valence-electron chi connectivity index (χ0n) is 11.7. The molecule has 0 amide bonds. The van der Waals surface area contributed by atoms with Crippen LogP contribution in [0.15, 0.2) is 24.3 Å². The van der Waals surface area contributed by atoms with Crippen LogP contribution in [0, 0.1) is 11.3 Å². The Balaban J connectivity index is 1.77. The number of fused-ring (bicyclic) bond motifs is 1. The van der Waals surface area contributed by atoms with Crippen molar-refractivity contribution < 1.29 is 9.84 Å². The van der Waals surface area contributed by atoms with Gasteiger partial charge in [-0.2, -0.15) is 0 Å². The van der Waals surface area contributed by atoms with E-state index in [9.17, 15) is 5.11 Å². The Hall–Kier alpha value is -1.06. The molecule has 3 nitrogen and oxygen atoms in total. The smallest absolute Gasteiger partial charge is 0.124 e. The Bertz CT molecular complexity index is 450. The Kier molecular flexibility index (Phi) is 3.27. The number of rotatable bonds is 3. The van der Waals surface area contributed by atoms with E-state index in [1.165, 1.54) is 18.4 Å². The van der Waals surface area contributed by atoms with E-state index >= 15 is 0 Å². The van der Waals surface area contributed by atoms with Gasteiger partial charge in [0.15, 0.2) is 0 Å². The summed E-state index contributed by atoms with van der Waals surface area (Å²) in [4.78, 5) is 0. The number of nitrogens with one attached hydrogen (secondary N) is 1. The average molecular weight is 261 g/mol. The van der Waals surface area contributed by atoms with E-state index in [4.69, 9.17) is 4.74 Å². The SMILES string of the molecule is CC1(C)CC(N[C@H]2c3ccccc3OC[C@H]2CO)C1. The molecule has 0 bridgehead atoms. The second-order valence-corrected chi connectivity index (χ2v) is 6.71. The third-order valence-corrected chi connectivity index (χ3v) is 4.43. The third-order valence-electron chi connectivity index (χ3n) is 4.43. The summed E-state index contributed by atoms with van der Waals surface area (Å²) in [6.07, 6.45) is 2.43. The Morgan fingerprint density at radius 3 is 2.74 bits per heavy atom. The summed E-state index contributed by atoms with van der Waals surface area (Å²) in [6.45, 7) is 5.39. The van der Waals surface area contributed by atoms with Crippen molar-refractivity contribution in [3.63, 3.8) is 0 Å². The summed E-state index contributed by atoms with van der Waals surface area (Å²) < 4.78 is 5.73. The average Bonchev–Trinajstić information content (AvgIpc) is 2.37. The Morgan fingerprint density at radius 1 is 1.32 bits per heavy atom. The molecule has 0 aromatic heterocycles. The van der Waals surface area contributed by atoms with Crippen molar-refractivity contribution in [2.45, 2.75) is 38.8 Å². The van der Waals surface area contributed by atoms with Gasteiger partial charge in [-0.05, 0) is 24.3 Å². The van der Waals surface area contributed by atoms with Gasteiger partial charge in [0.1, 0.15) is 5.75 Å². The van der Waals surface area contributed by atoms with Crippen LogP contribution in [0.3, 0.4) is 0 Å². The van der Waals surface area contributed by atoms with Crippen LogP contribution >= 0.6 is 0 Å². The molecular formula is C16H23NO2. The minimum atomic E-state index is 0.151. The molecule has 2 N–H and O–H groups in total. The summed E-state index contributed by atoms with van der Waals surface area (Å²) in [6, 6.07) is 8.96. The molecule has 3 heteroatoms. The molecule has 1 aliphatic carbocycles. The largest absolute Gasteiger partial charge is 0.493 e. The fraction of sp³-hybridized carbons (Fsp3) is 0.625. The predicted octanol–water partition coefficient (Wildman–Crippen LogP) is 2.51. The van der Waals surface area contributed by atoms with Gasteiger partial charge in [0, 0.05) is 23.6 Å². The number of hydrogen-bond acceptors (Lipinski definition) is 3. The summed E-state index contributed by atoms with van der Waals surface area (Å²) in [5.74, 6) is 1.11. The first-order valence-electron chi connectivity index (χ1n) is 7.18. The maximum absolute atomic E-state index is 9.57. The lowest BCUT2D eigenvalue weighted by Gasteiger charge is -2.46. The first-order chi connectivity index (χ1) is 9.09. The van der Waals surface area contributed by atoms with E-state index in [0.717, 1.165) is 5.75 Å². The number of hydrogen-bond donors (Lipinski definition) is 2. The molecule has 1 heterocycles. The van der Waals surface area contributed by atoms with E-state index in [2.05, 4.69) is 25.2 Å². The van der Waals surface area contributed by atoms with E-state index < -0.39 is 0 Å². The zero-order chi connectivity index (χ0) is 13.5. The molecule has 1 aromatic rings. The predicted molar refractivity (Wildman–Crippen MR) is 75.2 cm³/mol. The van der Waals surface area contributed by atoms with Crippen LogP contribution in [0.2, 0.25) is 0 Å².